The van der Waals surface area contributed by atoms with Crippen LogP contribution in [0.1, 0.15) is 10.5 Å². The first-order chi connectivity index (χ1) is 15.3. The van der Waals surface area contributed by atoms with Gasteiger partial charge in [-0.1, -0.05) is 46.8 Å². The first-order valence-corrected chi connectivity index (χ1v) is 12.0. The van der Waals surface area contributed by atoms with E-state index in [1.807, 2.05) is 30.3 Å². The Balaban J connectivity index is 1.79. The molecule has 0 N–H and O–H groups in total. The molecule has 0 spiro atoms. The minimum atomic E-state index is -3.43. The molecule has 0 atom stereocenters. The first kappa shape index (κ1) is 21.7. The summed E-state index contributed by atoms with van der Waals surface area (Å²) in [6.07, 6.45) is 1.11. The van der Waals surface area contributed by atoms with Crippen molar-refractivity contribution in [1.82, 2.24) is 9.72 Å². The second kappa shape index (κ2) is 8.52. The van der Waals surface area contributed by atoms with E-state index in [1.165, 1.54) is 29.9 Å². The molecule has 0 aliphatic heterocycles. The van der Waals surface area contributed by atoms with E-state index < -0.39 is 21.7 Å². The van der Waals surface area contributed by atoms with Gasteiger partial charge in [0.1, 0.15) is 6.54 Å². The number of carbonyl (C=O) groups is 2. The third-order valence-electron chi connectivity index (χ3n) is 4.58. The number of fused-ring (bicyclic) bond motifs is 1. The van der Waals surface area contributed by atoms with E-state index in [2.05, 4.69) is 10.1 Å². The second-order valence-electron chi connectivity index (χ2n) is 6.81. The molecule has 4 aromatic rings. The van der Waals surface area contributed by atoms with E-state index in [0.29, 0.717) is 16.0 Å². The Morgan fingerprint density at radius 1 is 1.16 bits per heavy atom. The number of nitrogens with zero attached hydrogens (tertiary/aromatic N) is 3. The normalized spacial score (nSPS) is 12.2. The average molecular weight is 472 g/mol. The van der Waals surface area contributed by atoms with Crippen LogP contribution in [0.25, 0.3) is 21.5 Å². The van der Waals surface area contributed by atoms with Gasteiger partial charge in [-0.3, -0.25) is 9.59 Å². The molecule has 0 saturated carbocycles. The molecule has 0 unspecified atom stereocenters. The fraction of sp³-hybridized carbons (Fsp3) is 0.143. The number of hydrogen-bond donors (Lipinski definition) is 0. The van der Waals surface area contributed by atoms with Gasteiger partial charge in [-0.2, -0.15) is 4.99 Å². The molecule has 164 valence electrons. The Kier molecular flexibility index (Phi) is 5.76. The second-order valence-corrected chi connectivity index (χ2v) is 9.83. The van der Waals surface area contributed by atoms with E-state index in [-0.39, 0.29) is 21.9 Å². The number of thiazole rings is 1. The Morgan fingerprint density at radius 2 is 1.91 bits per heavy atom. The molecule has 0 radical (unpaired) electrons. The zero-order valence-corrected chi connectivity index (χ0v) is 18.6. The summed E-state index contributed by atoms with van der Waals surface area (Å²) < 4.78 is 35.8. The van der Waals surface area contributed by atoms with Crippen LogP contribution >= 0.6 is 11.3 Å². The van der Waals surface area contributed by atoms with E-state index in [4.69, 9.17) is 9.26 Å². The number of aromatic nitrogens is 2. The van der Waals surface area contributed by atoms with Crippen LogP contribution in [0.3, 0.4) is 0 Å². The fourth-order valence-electron chi connectivity index (χ4n) is 2.97. The predicted molar refractivity (Wildman–Crippen MR) is 117 cm³/mol. The molecule has 0 fully saturated rings. The highest BCUT2D eigenvalue weighted by molar-refractivity contribution is 7.90. The molecule has 9 nitrogen and oxygen atoms in total. The first-order valence-electron chi connectivity index (χ1n) is 9.28. The van der Waals surface area contributed by atoms with Crippen molar-refractivity contribution < 1.29 is 27.3 Å². The van der Waals surface area contributed by atoms with Gasteiger partial charge in [0.2, 0.25) is 0 Å². The van der Waals surface area contributed by atoms with Crippen LogP contribution in [0, 0.1) is 0 Å². The van der Waals surface area contributed by atoms with Gasteiger partial charge in [-0.25, -0.2) is 8.42 Å². The third-order valence-corrected chi connectivity index (χ3v) is 6.73. The van der Waals surface area contributed by atoms with Crippen LogP contribution in [0.4, 0.5) is 0 Å². The molecule has 2 aromatic carbocycles. The maximum atomic E-state index is 12.8. The quantitative estimate of drug-likeness (QED) is 0.410. The van der Waals surface area contributed by atoms with Crippen LogP contribution < -0.4 is 4.80 Å². The van der Waals surface area contributed by atoms with Crippen molar-refractivity contribution in [2.75, 3.05) is 13.4 Å². The molecular weight excluding hydrogens is 454 g/mol. The highest BCUT2D eigenvalue weighted by Crippen LogP contribution is 2.23. The number of rotatable bonds is 5. The van der Waals surface area contributed by atoms with Crippen LogP contribution in [-0.2, 0) is 25.9 Å². The molecule has 0 bridgehead atoms. The van der Waals surface area contributed by atoms with Crippen molar-refractivity contribution in [3.63, 3.8) is 0 Å². The number of amides is 1. The Hall–Kier alpha value is -3.57. The van der Waals surface area contributed by atoms with Crippen molar-refractivity contribution in [3.05, 3.63) is 65.1 Å². The monoisotopic (exact) mass is 471 g/mol. The van der Waals surface area contributed by atoms with Gasteiger partial charge in [0, 0.05) is 17.9 Å². The van der Waals surface area contributed by atoms with E-state index in [1.54, 1.807) is 6.07 Å². The van der Waals surface area contributed by atoms with Crippen molar-refractivity contribution in [2.45, 2.75) is 11.4 Å². The summed E-state index contributed by atoms with van der Waals surface area (Å²) in [5.74, 6) is -0.788. The summed E-state index contributed by atoms with van der Waals surface area (Å²) in [4.78, 5) is 29.1. The molecule has 4 rings (SSSR count). The third kappa shape index (κ3) is 4.39. The standard InChI is InChI=1S/C21H17N3O6S2/c1-29-19(25)12-24-16-9-8-14(32(2,27)28)10-18(16)31-21(24)22-20(26)15-11-17(30-23-15)13-6-4-3-5-7-13/h3-11H,12H2,1-2H3. The van der Waals surface area contributed by atoms with Crippen LogP contribution in [0.5, 0.6) is 0 Å². The SMILES string of the molecule is COC(=O)Cn1c(=NC(=O)c2cc(-c3ccccc3)on2)sc2cc(S(C)(=O)=O)ccc21. The van der Waals surface area contributed by atoms with Crippen molar-refractivity contribution >= 4 is 43.3 Å². The van der Waals surface area contributed by atoms with Gasteiger partial charge in [0.25, 0.3) is 0 Å². The van der Waals surface area contributed by atoms with Crippen LogP contribution in [-0.4, -0.2) is 43.4 Å². The lowest BCUT2D eigenvalue weighted by Gasteiger charge is -2.04. The summed E-state index contributed by atoms with van der Waals surface area (Å²) in [7, 11) is -2.18. The molecule has 1 amide bonds. The molecule has 0 aliphatic rings. The minimum Gasteiger partial charge on any atom is -0.468 e. The average Bonchev–Trinajstić information content (AvgIpc) is 3.39. The highest BCUT2D eigenvalue weighted by Gasteiger charge is 2.17. The summed E-state index contributed by atoms with van der Waals surface area (Å²) in [6, 6.07) is 15.1. The van der Waals surface area contributed by atoms with Gasteiger partial charge >= 0.3 is 11.9 Å². The van der Waals surface area contributed by atoms with E-state index in [0.717, 1.165) is 23.2 Å². The summed E-state index contributed by atoms with van der Waals surface area (Å²) in [6.45, 7) is -0.199. The summed E-state index contributed by atoms with van der Waals surface area (Å²) in [5, 5.41) is 3.80. The molecular formula is C21H17N3O6S2. The van der Waals surface area contributed by atoms with Gasteiger partial charge in [-0.15, -0.1) is 0 Å². The summed E-state index contributed by atoms with van der Waals surface area (Å²) in [5.41, 5.74) is 1.31. The number of benzene rings is 2. The summed E-state index contributed by atoms with van der Waals surface area (Å²) >= 11 is 1.08. The lowest BCUT2D eigenvalue weighted by atomic mass is 10.1. The van der Waals surface area contributed by atoms with Crippen LogP contribution in [0.2, 0.25) is 0 Å². The smallest absolute Gasteiger partial charge is 0.325 e. The maximum Gasteiger partial charge on any atom is 0.325 e. The van der Waals surface area contributed by atoms with Crippen LogP contribution in [0.15, 0.2) is 69.0 Å². The number of sulfone groups is 1. The Bertz CT molecular complexity index is 1500. The minimum absolute atomic E-state index is 0.00255. The highest BCUT2D eigenvalue weighted by atomic mass is 32.2. The molecule has 32 heavy (non-hydrogen) atoms. The lowest BCUT2D eigenvalue weighted by molar-refractivity contribution is -0.141. The number of methoxy groups -OCH3 is 1. The van der Waals surface area contributed by atoms with Gasteiger partial charge in [0.05, 0.1) is 22.2 Å². The molecule has 0 saturated heterocycles. The zero-order chi connectivity index (χ0) is 22.9. The lowest BCUT2D eigenvalue weighted by Crippen LogP contribution is -2.22. The van der Waals surface area contributed by atoms with Gasteiger partial charge < -0.3 is 13.8 Å². The Labute approximate surface area is 186 Å². The number of hydrogen-bond acceptors (Lipinski definition) is 8. The van der Waals surface area contributed by atoms with Crippen molar-refractivity contribution in [1.29, 1.82) is 0 Å². The largest absolute Gasteiger partial charge is 0.468 e. The van der Waals surface area contributed by atoms with Crippen molar-refractivity contribution in [2.24, 2.45) is 4.99 Å². The Morgan fingerprint density at radius 3 is 2.59 bits per heavy atom. The molecule has 2 aromatic heterocycles. The van der Waals surface area contributed by atoms with E-state index >= 15 is 0 Å². The molecule has 0 aliphatic carbocycles. The van der Waals surface area contributed by atoms with Gasteiger partial charge in [-0.05, 0) is 18.2 Å². The molecule has 2 heterocycles. The number of esters is 1. The number of ether oxygens (including phenoxy) is 1. The maximum absolute atomic E-state index is 12.8. The van der Waals surface area contributed by atoms with Gasteiger partial charge in [0.15, 0.2) is 26.1 Å². The zero-order valence-electron chi connectivity index (χ0n) is 17.0. The predicted octanol–water partition coefficient (Wildman–Crippen LogP) is 2.68. The number of carbonyl (C=O) groups excluding carboxylic acids is 2. The van der Waals surface area contributed by atoms with E-state index in [9.17, 15) is 18.0 Å². The fourth-order valence-corrected chi connectivity index (χ4v) is 4.76. The molecule has 11 heteroatoms. The van der Waals surface area contributed by atoms with Crippen molar-refractivity contribution in [3.8, 4) is 11.3 Å². The topological polar surface area (TPSA) is 121 Å².